The Morgan fingerprint density at radius 1 is 1.29 bits per heavy atom. The van der Waals surface area contributed by atoms with Gasteiger partial charge in [0.05, 0.1) is 17.8 Å². The number of hydrogen-bond donors (Lipinski definition) is 3. The zero-order chi connectivity index (χ0) is 19.8. The minimum absolute atomic E-state index is 0.210. The first-order valence-electron chi connectivity index (χ1n) is 8.65. The van der Waals surface area contributed by atoms with Gasteiger partial charge in [0.2, 0.25) is 24.4 Å². The summed E-state index contributed by atoms with van der Waals surface area (Å²) in [5.74, 6) is 1.85. The fourth-order valence-electron chi connectivity index (χ4n) is 3.27. The Bertz CT molecular complexity index is 1030. The average molecular weight is 383 g/mol. The van der Waals surface area contributed by atoms with Crippen LogP contribution in [0, 0.1) is 11.2 Å². The van der Waals surface area contributed by atoms with Crippen LogP contribution in [0.2, 0.25) is 0 Å². The van der Waals surface area contributed by atoms with Crippen molar-refractivity contribution in [1.82, 2.24) is 0 Å². The van der Waals surface area contributed by atoms with E-state index in [0.717, 1.165) is 5.56 Å². The summed E-state index contributed by atoms with van der Waals surface area (Å²) in [4.78, 5) is 10.6. The van der Waals surface area contributed by atoms with E-state index in [1.807, 2.05) is 32.3 Å². The Morgan fingerprint density at radius 2 is 2.07 bits per heavy atom. The third-order valence-electron chi connectivity index (χ3n) is 4.43. The Kier molecular flexibility index (Phi) is 4.44. The molecule has 2 aromatic rings. The number of amidine groups is 2. The van der Waals surface area contributed by atoms with E-state index in [1.165, 1.54) is 12.1 Å². The average Bonchev–Trinajstić information content (AvgIpc) is 3.07. The fourth-order valence-corrected chi connectivity index (χ4v) is 3.27. The van der Waals surface area contributed by atoms with Gasteiger partial charge in [0.25, 0.3) is 0 Å². The first-order chi connectivity index (χ1) is 13.4. The van der Waals surface area contributed by atoms with Gasteiger partial charge in [0.15, 0.2) is 11.5 Å². The molecule has 28 heavy (non-hydrogen) atoms. The van der Waals surface area contributed by atoms with E-state index in [-0.39, 0.29) is 12.8 Å². The van der Waals surface area contributed by atoms with Gasteiger partial charge >= 0.3 is 0 Å². The molecule has 2 heterocycles. The van der Waals surface area contributed by atoms with Crippen LogP contribution in [-0.2, 0) is 6.42 Å². The highest BCUT2D eigenvalue weighted by atomic mass is 19.1. The molecule has 0 spiro atoms. The number of quaternary nitrogens is 1. The van der Waals surface area contributed by atoms with Gasteiger partial charge < -0.3 is 20.1 Å². The van der Waals surface area contributed by atoms with E-state index >= 15 is 0 Å². The Balaban J connectivity index is 1.76. The molecule has 0 aromatic heterocycles. The molecule has 0 radical (unpaired) electrons. The molecule has 5 N–H and O–H groups in total. The number of fused-ring (bicyclic) bond motifs is 2. The second-order valence-corrected chi connectivity index (χ2v) is 6.71. The van der Waals surface area contributed by atoms with E-state index < -0.39 is 5.82 Å². The van der Waals surface area contributed by atoms with Gasteiger partial charge in [-0.25, -0.2) is 4.39 Å². The van der Waals surface area contributed by atoms with Gasteiger partial charge in [0, 0.05) is 20.2 Å². The van der Waals surface area contributed by atoms with Crippen molar-refractivity contribution in [3.8, 4) is 11.5 Å². The molecule has 0 aliphatic carbocycles. The highest BCUT2D eigenvalue weighted by Crippen LogP contribution is 2.34. The number of nitrogens with zero attached hydrogens (tertiary/aromatic N) is 3. The largest absolute Gasteiger partial charge is 0.454 e. The highest BCUT2D eigenvalue weighted by Gasteiger charge is 2.28. The summed E-state index contributed by atoms with van der Waals surface area (Å²) in [6.45, 7) is 0.210. The summed E-state index contributed by atoms with van der Waals surface area (Å²) in [5.41, 5.74) is 8.21. The minimum atomic E-state index is -0.391. The van der Waals surface area contributed by atoms with Crippen LogP contribution in [0.4, 0.5) is 15.8 Å². The lowest BCUT2D eigenvalue weighted by atomic mass is 10.0. The number of aliphatic imine (C=N–C) groups is 2. The molecule has 8 nitrogen and oxygen atoms in total. The van der Waals surface area contributed by atoms with Gasteiger partial charge in [0.1, 0.15) is 11.4 Å². The fraction of sp³-hybridized carbons (Fsp3) is 0.211. The van der Waals surface area contributed by atoms with Gasteiger partial charge in [-0.1, -0.05) is 6.07 Å². The first-order valence-corrected chi connectivity index (χ1v) is 8.65. The van der Waals surface area contributed by atoms with Crippen LogP contribution in [-0.4, -0.2) is 38.5 Å². The van der Waals surface area contributed by atoms with Crippen molar-refractivity contribution in [2.45, 2.75) is 6.42 Å². The monoisotopic (exact) mass is 383 g/mol. The molecule has 0 unspecified atom stereocenters. The van der Waals surface area contributed by atoms with Gasteiger partial charge in [-0.2, -0.15) is 9.98 Å². The lowest BCUT2D eigenvalue weighted by molar-refractivity contribution is -0.409. The topological polar surface area (TPSA) is 113 Å². The van der Waals surface area contributed by atoms with Gasteiger partial charge in [-0.3, -0.25) is 10.7 Å². The smallest absolute Gasteiger partial charge is 0.245 e. The summed E-state index contributed by atoms with van der Waals surface area (Å²) in [6, 6.07) is 8.46. The molecule has 2 aromatic carbocycles. The molecule has 0 saturated heterocycles. The Labute approximate surface area is 161 Å². The van der Waals surface area contributed by atoms with Crippen LogP contribution in [0.15, 0.2) is 40.3 Å². The molecule has 2 aliphatic heterocycles. The summed E-state index contributed by atoms with van der Waals surface area (Å²) in [6.07, 6.45) is 0.487. The third kappa shape index (κ3) is 3.39. The zero-order valence-corrected chi connectivity index (χ0v) is 15.5. The predicted octanol–water partition coefficient (Wildman–Crippen LogP) is 1.11. The number of rotatable bonds is 3. The molecule has 9 heteroatoms. The van der Waals surface area contributed by atoms with Crippen LogP contribution in [0.25, 0.3) is 0 Å². The highest BCUT2D eigenvalue weighted by molar-refractivity contribution is 6.12. The number of anilines is 1. The van der Waals surface area contributed by atoms with Crippen molar-refractivity contribution in [1.29, 1.82) is 5.41 Å². The third-order valence-corrected chi connectivity index (χ3v) is 4.43. The second-order valence-electron chi connectivity index (χ2n) is 6.71. The van der Waals surface area contributed by atoms with Crippen molar-refractivity contribution >= 4 is 29.0 Å². The molecule has 0 bridgehead atoms. The summed E-state index contributed by atoms with van der Waals surface area (Å²) < 4.78 is 24.9. The molecular weight excluding hydrogens is 363 g/mol. The van der Waals surface area contributed by atoms with E-state index in [4.69, 9.17) is 20.6 Å². The molecule has 0 atom stereocenters. The predicted molar refractivity (Wildman–Crippen MR) is 104 cm³/mol. The quantitative estimate of drug-likeness (QED) is 0.544. The SMILES string of the molecule is CN(C)c1cc(F)cc2c1/C(=N/C(=N)N)[NH2+]C(Cc1ccc3c(c1)OCO3)=N2. The minimum Gasteiger partial charge on any atom is -0.454 e. The molecule has 0 amide bonds. The standard InChI is InChI=1S/C19H19FN6O2/c1-26(2)13-8-11(20)7-12-17(13)18(25-19(21)22)24-16(23-12)6-10-3-4-14-15(5-10)28-9-27-14/h3-5,7-8H,6,9H2,1-2H3,(H4,21,22,23,24,25)/p+1. The van der Waals surface area contributed by atoms with Crippen molar-refractivity contribution in [3.05, 3.63) is 47.3 Å². The molecular formula is C19H20FN6O2+. The van der Waals surface area contributed by atoms with E-state index in [1.54, 1.807) is 10.2 Å². The Morgan fingerprint density at radius 3 is 2.82 bits per heavy atom. The Hall–Kier alpha value is -3.46. The number of hydrogen-bond acceptors (Lipinski definition) is 5. The van der Waals surface area contributed by atoms with Crippen LogP contribution in [0.5, 0.6) is 11.5 Å². The van der Waals surface area contributed by atoms with Crippen molar-refractivity contribution in [2.24, 2.45) is 15.7 Å². The zero-order valence-electron chi connectivity index (χ0n) is 15.5. The molecule has 0 saturated carbocycles. The number of nitrogens with one attached hydrogen (secondary N) is 1. The number of halogens is 1. The maximum Gasteiger partial charge on any atom is 0.245 e. The molecule has 0 fully saturated rings. The number of nitrogens with two attached hydrogens (primary N) is 2. The van der Waals surface area contributed by atoms with Crippen LogP contribution in [0.1, 0.15) is 11.1 Å². The van der Waals surface area contributed by atoms with Crippen LogP contribution in [0.3, 0.4) is 0 Å². The summed E-state index contributed by atoms with van der Waals surface area (Å²) in [5, 5.41) is 9.35. The maximum atomic E-state index is 14.2. The van der Waals surface area contributed by atoms with Crippen molar-refractivity contribution < 1.29 is 19.2 Å². The lowest BCUT2D eigenvalue weighted by Gasteiger charge is -2.22. The second kappa shape index (κ2) is 6.93. The molecule has 2 aliphatic rings. The number of guanidine groups is 1. The summed E-state index contributed by atoms with van der Waals surface area (Å²) >= 11 is 0. The normalized spacial score (nSPS) is 16.0. The lowest BCUT2D eigenvalue weighted by Crippen LogP contribution is -2.93. The van der Waals surface area contributed by atoms with Gasteiger partial charge in [-0.05, 0) is 23.8 Å². The molecule has 4 rings (SSSR count). The van der Waals surface area contributed by atoms with E-state index in [0.29, 0.717) is 46.5 Å². The summed E-state index contributed by atoms with van der Waals surface area (Å²) in [7, 11) is 3.62. The number of benzene rings is 2. The van der Waals surface area contributed by atoms with E-state index in [2.05, 4.69) is 9.98 Å². The molecule has 144 valence electrons. The number of ether oxygens (including phenoxy) is 2. The van der Waals surface area contributed by atoms with Crippen molar-refractivity contribution in [3.63, 3.8) is 0 Å². The first kappa shape index (κ1) is 17.9. The van der Waals surface area contributed by atoms with Crippen LogP contribution < -0.4 is 25.4 Å². The van der Waals surface area contributed by atoms with Crippen LogP contribution >= 0.6 is 0 Å². The maximum absolute atomic E-state index is 14.2. The van der Waals surface area contributed by atoms with Gasteiger partial charge in [-0.15, -0.1) is 0 Å². The van der Waals surface area contributed by atoms with Crippen molar-refractivity contribution in [2.75, 3.05) is 25.8 Å². The van der Waals surface area contributed by atoms with E-state index in [9.17, 15) is 4.39 Å².